The van der Waals surface area contributed by atoms with Gasteiger partial charge >= 0.3 is 12.1 Å². The highest BCUT2D eigenvalue weighted by Crippen LogP contribution is 2.37. The number of carboxylic acids is 1. The van der Waals surface area contributed by atoms with Crippen molar-refractivity contribution in [3.8, 4) is 0 Å². The molecule has 2 aliphatic rings. The fourth-order valence-electron chi connectivity index (χ4n) is 5.26. The first-order valence-corrected chi connectivity index (χ1v) is 13.3. The van der Waals surface area contributed by atoms with Crippen molar-refractivity contribution < 1.29 is 29.0 Å². The molecular formula is C27H36N6O6. The highest BCUT2D eigenvalue weighted by molar-refractivity contribution is 6.09. The van der Waals surface area contributed by atoms with Gasteiger partial charge < -0.3 is 35.2 Å². The third-order valence-electron chi connectivity index (χ3n) is 7.35. The number of amides is 3. The lowest BCUT2D eigenvalue weighted by Crippen LogP contribution is -2.52. The molecule has 2 aliphatic heterocycles. The predicted octanol–water partition coefficient (Wildman–Crippen LogP) is 1.33. The SMILES string of the molecule is CCOC(=O)N1CCN(C(=O)C(CCC(=O)O)c2nc3ccccc3c(N3CCN(C)CC3)c2C(N)=O)CC1. The van der Waals surface area contributed by atoms with E-state index in [2.05, 4.69) is 9.80 Å². The van der Waals surface area contributed by atoms with Crippen LogP contribution < -0.4 is 10.6 Å². The summed E-state index contributed by atoms with van der Waals surface area (Å²) >= 11 is 0. The standard InChI is InChI=1S/C27H36N6O6/c1-3-39-27(38)33-16-14-32(15-17-33)26(37)19(8-9-21(34)35)23-22(25(28)36)24(31-12-10-30(2)11-13-31)18-6-4-5-7-20(18)29-23/h4-7,19H,3,8-17H2,1-2H3,(H2,28,36)(H,34,35). The zero-order valence-electron chi connectivity index (χ0n) is 22.5. The van der Waals surface area contributed by atoms with Gasteiger partial charge in [-0.25, -0.2) is 4.79 Å². The Labute approximate surface area is 227 Å². The Hall–Kier alpha value is -3.93. The van der Waals surface area contributed by atoms with Gasteiger partial charge in [0.1, 0.15) is 0 Å². The number of likely N-dealkylation sites (N-methyl/N-ethyl adjacent to an activating group) is 1. The molecule has 3 N–H and O–H groups in total. The fraction of sp³-hybridized carbons (Fsp3) is 0.519. The number of aliphatic carboxylic acids is 1. The van der Waals surface area contributed by atoms with Gasteiger partial charge in [0.25, 0.3) is 5.91 Å². The van der Waals surface area contributed by atoms with E-state index in [4.69, 9.17) is 15.5 Å². The lowest BCUT2D eigenvalue weighted by Gasteiger charge is -2.37. The molecule has 3 heterocycles. The highest BCUT2D eigenvalue weighted by atomic mass is 16.6. The van der Waals surface area contributed by atoms with Crippen LogP contribution in [0, 0.1) is 0 Å². The zero-order valence-corrected chi connectivity index (χ0v) is 22.5. The van der Waals surface area contributed by atoms with Gasteiger partial charge in [-0.05, 0) is 26.5 Å². The van der Waals surface area contributed by atoms with Crippen molar-refractivity contribution in [1.82, 2.24) is 19.7 Å². The number of carbonyl (C=O) groups excluding carboxylic acids is 3. The third kappa shape index (κ3) is 6.22. The van der Waals surface area contributed by atoms with Crippen LogP contribution in [0.25, 0.3) is 10.9 Å². The van der Waals surface area contributed by atoms with Gasteiger partial charge in [-0.15, -0.1) is 0 Å². The Morgan fingerprint density at radius 2 is 1.64 bits per heavy atom. The number of nitrogens with zero attached hydrogens (tertiary/aromatic N) is 5. The van der Waals surface area contributed by atoms with Crippen molar-refractivity contribution in [2.45, 2.75) is 25.7 Å². The Kier molecular flexibility index (Phi) is 8.85. The summed E-state index contributed by atoms with van der Waals surface area (Å²) < 4.78 is 5.07. The van der Waals surface area contributed by atoms with Crippen LogP contribution in [0.15, 0.2) is 24.3 Å². The molecule has 0 spiro atoms. The van der Waals surface area contributed by atoms with Crippen molar-refractivity contribution in [3.63, 3.8) is 0 Å². The second-order valence-electron chi connectivity index (χ2n) is 9.89. The number of pyridine rings is 1. The maximum Gasteiger partial charge on any atom is 0.409 e. The summed E-state index contributed by atoms with van der Waals surface area (Å²) in [6, 6.07) is 7.40. The molecular weight excluding hydrogens is 504 g/mol. The van der Waals surface area contributed by atoms with Crippen LogP contribution in [-0.4, -0.2) is 115 Å². The van der Waals surface area contributed by atoms with E-state index in [1.807, 2.05) is 31.3 Å². The number of carboxylic acid groups (broad SMARTS) is 1. The predicted molar refractivity (Wildman–Crippen MR) is 145 cm³/mol. The maximum atomic E-state index is 13.9. The molecule has 0 saturated carbocycles. The first-order chi connectivity index (χ1) is 18.7. The third-order valence-corrected chi connectivity index (χ3v) is 7.35. The second kappa shape index (κ2) is 12.3. The first-order valence-electron chi connectivity index (χ1n) is 13.3. The molecule has 0 aliphatic carbocycles. The normalized spacial score (nSPS) is 17.2. The quantitative estimate of drug-likeness (QED) is 0.506. The monoisotopic (exact) mass is 540 g/mol. The molecule has 1 aromatic carbocycles. The highest BCUT2D eigenvalue weighted by Gasteiger charge is 2.36. The van der Waals surface area contributed by atoms with Crippen LogP contribution in [-0.2, 0) is 14.3 Å². The summed E-state index contributed by atoms with van der Waals surface area (Å²) in [4.78, 5) is 62.9. The van der Waals surface area contributed by atoms with Crippen molar-refractivity contribution in [2.24, 2.45) is 5.73 Å². The number of nitrogens with two attached hydrogens (primary N) is 1. The molecule has 2 aromatic rings. The smallest absolute Gasteiger partial charge is 0.409 e. The minimum atomic E-state index is -1.05. The lowest BCUT2D eigenvalue weighted by molar-refractivity contribution is -0.138. The first kappa shape index (κ1) is 28.1. The van der Waals surface area contributed by atoms with Crippen molar-refractivity contribution in [1.29, 1.82) is 0 Å². The molecule has 12 heteroatoms. The summed E-state index contributed by atoms with van der Waals surface area (Å²) in [5, 5.41) is 10.2. The lowest BCUT2D eigenvalue weighted by atomic mass is 9.90. The average molecular weight is 541 g/mol. The summed E-state index contributed by atoms with van der Waals surface area (Å²) in [5.74, 6) is -3.10. The molecule has 1 unspecified atom stereocenters. The second-order valence-corrected chi connectivity index (χ2v) is 9.89. The molecule has 3 amide bonds. The van der Waals surface area contributed by atoms with E-state index < -0.39 is 23.9 Å². The van der Waals surface area contributed by atoms with Crippen molar-refractivity contribution in [3.05, 3.63) is 35.5 Å². The van der Waals surface area contributed by atoms with Crippen LogP contribution >= 0.6 is 0 Å². The molecule has 12 nitrogen and oxygen atoms in total. The minimum Gasteiger partial charge on any atom is -0.481 e. The number of carbonyl (C=O) groups is 4. The number of ether oxygens (including phenoxy) is 1. The summed E-state index contributed by atoms with van der Waals surface area (Å²) in [6.45, 7) is 5.97. The van der Waals surface area contributed by atoms with Crippen LogP contribution in [0.4, 0.5) is 10.5 Å². The molecule has 1 aromatic heterocycles. The fourth-order valence-corrected chi connectivity index (χ4v) is 5.26. The van der Waals surface area contributed by atoms with E-state index in [1.54, 1.807) is 11.8 Å². The zero-order chi connectivity index (χ0) is 28.1. The van der Waals surface area contributed by atoms with Gasteiger partial charge in [0.15, 0.2) is 0 Å². The number of hydrogen-bond acceptors (Lipinski definition) is 8. The van der Waals surface area contributed by atoms with Gasteiger partial charge in [0.05, 0.1) is 35.0 Å². The Morgan fingerprint density at radius 3 is 2.26 bits per heavy atom. The molecule has 2 fully saturated rings. The average Bonchev–Trinajstić information content (AvgIpc) is 2.92. The summed E-state index contributed by atoms with van der Waals surface area (Å²) in [5.41, 5.74) is 7.58. The number of primary amides is 1. The van der Waals surface area contributed by atoms with Crippen LogP contribution in [0.3, 0.4) is 0 Å². The topological polar surface area (TPSA) is 150 Å². The van der Waals surface area contributed by atoms with Crippen molar-refractivity contribution in [2.75, 3.05) is 70.9 Å². The number of benzene rings is 1. The van der Waals surface area contributed by atoms with Crippen LogP contribution in [0.1, 0.15) is 41.7 Å². The number of para-hydroxylation sites is 1. The molecule has 0 radical (unpaired) electrons. The molecule has 0 bridgehead atoms. The van der Waals surface area contributed by atoms with Gasteiger partial charge in [0, 0.05) is 64.2 Å². The molecule has 4 rings (SSSR count). The van der Waals surface area contributed by atoms with E-state index in [1.165, 1.54) is 4.90 Å². The van der Waals surface area contributed by atoms with Crippen molar-refractivity contribution >= 4 is 40.5 Å². The van der Waals surface area contributed by atoms with E-state index in [9.17, 15) is 24.3 Å². The molecule has 210 valence electrons. The Morgan fingerprint density at radius 1 is 1.00 bits per heavy atom. The number of aromatic nitrogens is 1. The largest absolute Gasteiger partial charge is 0.481 e. The number of anilines is 1. The van der Waals surface area contributed by atoms with Gasteiger partial charge in [0.2, 0.25) is 5.91 Å². The van der Waals surface area contributed by atoms with Crippen LogP contribution in [0.2, 0.25) is 0 Å². The van der Waals surface area contributed by atoms with Gasteiger partial charge in [-0.2, -0.15) is 0 Å². The van der Waals surface area contributed by atoms with E-state index >= 15 is 0 Å². The number of hydrogen-bond donors (Lipinski definition) is 2. The molecule has 1 atom stereocenters. The van der Waals surface area contributed by atoms with Gasteiger partial charge in [-0.3, -0.25) is 19.4 Å². The summed E-state index contributed by atoms with van der Waals surface area (Å²) in [6.07, 6.45) is -0.758. The molecule has 39 heavy (non-hydrogen) atoms. The Balaban J connectivity index is 1.76. The van der Waals surface area contributed by atoms with E-state index in [0.717, 1.165) is 18.5 Å². The summed E-state index contributed by atoms with van der Waals surface area (Å²) in [7, 11) is 2.03. The Bertz CT molecular complexity index is 1240. The van der Waals surface area contributed by atoms with Crippen LogP contribution in [0.5, 0.6) is 0 Å². The van der Waals surface area contributed by atoms with Gasteiger partial charge in [-0.1, -0.05) is 18.2 Å². The number of fused-ring (bicyclic) bond motifs is 1. The van der Waals surface area contributed by atoms with E-state index in [0.29, 0.717) is 24.3 Å². The molecule has 2 saturated heterocycles. The maximum absolute atomic E-state index is 13.9. The number of piperazine rings is 2. The minimum absolute atomic E-state index is 0.0416. The van der Waals surface area contributed by atoms with E-state index in [-0.39, 0.29) is 62.8 Å². The number of rotatable bonds is 8.